The first-order valence-electron chi connectivity index (χ1n) is 4.45. The van der Waals surface area contributed by atoms with Crippen molar-refractivity contribution >= 4 is 11.3 Å². The van der Waals surface area contributed by atoms with Crippen LogP contribution < -0.4 is 0 Å². The van der Waals surface area contributed by atoms with E-state index in [9.17, 15) is 5.11 Å². The van der Waals surface area contributed by atoms with Crippen molar-refractivity contribution in [2.75, 3.05) is 0 Å². The third-order valence-corrected chi connectivity index (χ3v) is 2.81. The zero-order chi connectivity index (χ0) is 9.80. The lowest BCUT2D eigenvalue weighted by molar-refractivity contribution is 0.179. The topological polar surface area (TPSA) is 33.1 Å². The number of aromatic nitrogens is 1. The molecule has 0 aliphatic carbocycles. The van der Waals surface area contributed by atoms with Crippen molar-refractivity contribution in [3.05, 3.63) is 52.5 Å². The van der Waals surface area contributed by atoms with Gasteiger partial charge in [-0.05, 0) is 40.1 Å². The molecular weight excluding hydrogens is 194 g/mol. The van der Waals surface area contributed by atoms with Gasteiger partial charge in [0, 0.05) is 18.8 Å². The third kappa shape index (κ3) is 2.19. The SMILES string of the molecule is OC(Cc1ccncc1)c1ccsc1. The van der Waals surface area contributed by atoms with Gasteiger partial charge < -0.3 is 5.11 Å². The molecule has 0 aliphatic heterocycles. The van der Waals surface area contributed by atoms with Crippen LogP contribution in [0.15, 0.2) is 41.4 Å². The van der Waals surface area contributed by atoms with Crippen molar-refractivity contribution in [3.63, 3.8) is 0 Å². The maximum Gasteiger partial charge on any atom is 0.0838 e. The van der Waals surface area contributed by atoms with Crippen LogP contribution in [0.3, 0.4) is 0 Å². The molecule has 1 atom stereocenters. The zero-order valence-electron chi connectivity index (χ0n) is 7.63. The van der Waals surface area contributed by atoms with Crippen LogP contribution in [0, 0.1) is 0 Å². The Labute approximate surface area is 86.9 Å². The van der Waals surface area contributed by atoms with Crippen LogP contribution in [0.4, 0.5) is 0 Å². The summed E-state index contributed by atoms with van der Waals surface area (Å²) in [5, 5.41) is 13.8. The lowest BCUT2D eigenvalue weighted by atomic mass is 10.1. The average Bonchev–Trinajstić information content (AvgIpc) is 2.72. The molecule has 14 heavy (non-hydrogen) atoms. The molecule has 1 N–H and O–H groups in total. The van der Waals surface area contributed by atoms with Crippen molar-refractivity contribution in [3.8, 4) is 0 Å². The lowest BCUT2D eigenvalue weighted by Gasteiger charge is -2.07. The highest BCUT2D eigenvalue weighted by atomic mass is 32.1. The zero-order valence-corrected chi connectivity index (χ0v) is 8.45. The molecule has 2 aromatic rings. The van der Waals surface area contributed by atoms with E-state index in [2.05, 4.69) is 4.98 Å². The third-order valence-electron chi connectivity index (χ3n) is 2.11. The van der Waals surface area contributed by atoms with Crippen molar-refractivity contribution in [1.82, 2.24) is 4.98 Å². The molecule has 0 saturated heterocycles. The van der Waals surface area contributed by atoms with Gasteiger partial charge in [0.1, 0.15) is 0 Å². The molecular formula is C11H11NOS. The largest absolute Gasteiger partial charge is 0.388 e. The van der Waals surface area contributed by atoms with E-state index in [0.29, 0.717) is 6.42 Å². The molecule has 2 nitrogen and oxygen atoms in total. The van der Waals surface area contributed by atoms with Gasteiger partial charge in [0.15, 0.2) is 0 Å². The van der Waals surface area contributed by atoms with Gasteiger partial charge in [-0.2, -0.15) is 11.3 Å². The average molecular weight is 205 g/mol. The minimum absolute atomic E-state index is 0.399. The predicted molar refractivity (Wildman–Crippen MR) is 57.2 cm³/mol. The first kappa shape index (κ1) is 9.37. The summed E-state index contributed by atoms with van der Waals surface area (Å²) in [6.07, 6.45) is 3.74. The number of aliphatic hydroxyl groups excluding tert-OH is 1. The van der Waals surface area contributed by atoms with Gasteiger partial charge in [0.05, 0.1) is 6.10 Å². The molecule has 1 unspecified atom stereocenters. The number of aliphatic hydroxyl groups is 1. The van der Waals surface area contributed by atoms with E-state index in [1.165, 1.54) is 0 Å². The Hall–Kier alpha value is -1.19. The number of rotatable bonds is 3. The molecule has 72 valence electrons. The molecule has 2 rings (SSSR count). The van der Waals surface area contributed by atoms with Crippen molar-refractivity contribution in [2.24, 2.45) is 0 Å². The maximum absolute atomic E-state index is 9.85. The van der Waals surface area contributed by atoms with Crippen LogP contribution in [0.5, 0.6) is 0 Å². The maximum atomic E-state index is 9.85. The predicted octanol–water partition coefficient (Wildman–Crippen LogP) is 2.42. The number of hydrogen-bond donors (Lipinski definition) is 1. The summed E-state index contributed by atoms with van der Waals surface area (Å²) in [6.45, 7) is 0. The fraction of sp³-hybridized carbons (Fsp3) is 0.182. The Morgan fingerprint density at radius 2 is 2.07 bits per heavy atom. The highest BCUT2D eigenvalue weighted by Gasteiger charge is 2.08. The van der Waals surface area contributed by atoms with Crippen molar-refractivity contribution in [2.45, 2.75) is 12.5 Å². The fourth-order valence-electron chi connectivity index (χ4n) is 1.32. The van der Waals surface area contributed by atoms with Crippen LogP contribution in [-0.4, -0.2) is 10.1 Å². The molecule has 0 aliphatic rings. The molecule has 2 heterocycles. The van der Waals surface area contributed by atoms with Crippen LogP contribution in [0.2, 0.25) is 0 Å². The molecule has 0 bridgehead atoms. The molecule has 2 aromatic heterocycles. The Kier molecular flexibility index (Phi) is 2.91. The molecule has 0 aromatic carbocycles. The molecule has 0 spiro atoms. The number of hydrogen-bond acceptors (Lipinski definition) is 3. The summed E-state index contributed by atoms with van der Waals surface area (Å²) in [5.74, 6) is 0. The van der Waals surface area contributed by atoms with Crippen LogP contribution in [0.25, 0.3) is 0 Å². The van der Waals surface area contributed by atoms with Crippen LogP contribution in [-0.2, 0) is 6.42 Å². The van der Waals surface area contributed by atoms with E-state index in [1.807, 2.05) is 29.0 Å². The number of pyridine rings is 1. The van der Waals surface area contributed by atoms with Crippen LogP contribution >= 0.6 is 11.3 Å². The first-order valence-corrected chi connectivity index (χ1v) is 5.39. The highest BCUT2D eigenvalue weighted by Crippen LogP contribution is 2.19. The van der Waals surface area contributed by atoms with Gasteiger partial charge in [0.2, 0.25) is 0 Å². The molecule has 0 radical (unpaired) electrons. The lowest BCUT2D eigenvalue weighted by Crippen LogP contribution is -2.00. The van der Waals surface area contributed by atoms with E-state index in [0.717, 1.165) is 11.1 Å². The fourth-order valence-corrected chi connectivity index (χ4v) is 2.03. The minimum Gasteiger partial charge on any atom is -0.388 e. The second-order valence-corrected chi connectivity index (χ2v) is 3.91. The normalized spacial score (nSPS) is 12.6. The summed E-state index contributed by atoms with van der Waals surface area (Å²) in [7, 11) is 0. The first-order chi connectivity index (χ1) is 6.86. The van der Waals surface area contributed by atoms with Gasteiger partial charge in [-0.3, -0.25) is 4.98 Å². The van der Waals surface area contributed by atoms with Crippen LogP contribution in [0.1, 0.15) is 17.2 Å². The monoisotopic (exact) mass is 205 g/mol. The summed E-state index contributed by atoms with van der Waals surface area (Å²) in [4.78, 5) is 3.94. The second kappa shape index (κ2) is 4.35. The summed E-state index contributed by atoms with van der Waals surface area (Å²) in [5.41, 5.74) is 2.10. The highest BCUT2D eigenvalue weighted by molar-refractivity contribution is 7.07. The summed E-state index contributed by atoms with van der Waals surface area (Å²) in [6, 6.07) is 5.81. The Morgan fingerprint density at radius 1 is 1.29 bits per heavy atom. The molecule has 0 saturated carbocycles. The number of nitrogens with zero attached hydrogens (tertiary/aromatic N) is 1. The van der Waals surface area contributed by atoms with E-state index >= 15 is 0 Å². The van der Waals surface area contributed by atoms with Crippen molar-refractivity contribution in [1.29, 1.82) is 0 Å². The molecule has 0 amide bonds. The van der Waals surface area contributed by atoms with E-state index in [-0.39, 0.29) is 0 Å². The van der Waals surface area contributed by atoms with Gasteiger partial charge >= 0.3 is 0 Å². The smallest absolute Gasteiger partial charge is 0.0838 e. The Morgan fingerprint density at radius 3 is 2.71 bits per heavy atom. The van der Waals surface area contributed by atoms with E-state index in [1.54, 1.807) is 23.7 Å². The van der Waals surface area contributed by atoms with Gasteiger partial charge in [-0.15, -0.1) is 0 Å². The van der Waals surface area contributed by atoms with Crippen molar-refractivity contribution < 1.29 is 5.11 Å². The van der Waals surface area contributed by atoms with E-state index < -0.39 is 6.10 Å². The quantitative estimate of drug-likeness (QED) is 0.834. The second-order valence-electron chi connectivity index (χ2n) is 3.13. The Balaban J connectivity index is 2.06. The summed E-state index contributed by atoms with van der Waals surface area (Å²) < 4.78 is 0. The van der Waals surface area contributed by atoms with Gasteiger partial charge in [-0.1, -0.05) is 0 Å². The van der Waals surface area contributed by atoms with Gasteiger partial charge in [0.25, 0.3) is 0 Å². The Bertz CT molecular complexity index is 371. The number of thiophene rings is 1. The van der Waals surface area contributed by atoms with E-state index in [4.69, 9.17) is 0 Å². The molecule has 0 fully saturated rings. The van der Waals surface area contributed by atoms with Gasteiger partial charge in [-0.25, -0.2) is 0 Å². The minimum atomic E-state index is -0.399. The standard InChI is InChI=1S/C11H11NOS/c13-11(10-3-6-14-8-10)7-9-1-4-12-5-2-9/h1-6,8,11,13H,7H2. The molecule has 3 heteroatoms. The summed E-state index contributed by atoms with van der Waals surface area (Å²) >= 11 is 1.61.